The first-order valence-electron chi connectivity index (χ1n) is 7.13. The van der Waals surface area contributed by atoms with E-state index < -0.39 is 6.29 Å². The van der Waals surface area contributed by atoms with Gasteiger partial charge in [-0.2, -0.15) is 0 Å². The van der Waals surface area contributed by atoms with Gasteiger partial charge in [0.2, 0.25) is 0 Å². The van der Waals surface area contributed by atoms with Crippen LogP contribution < -0.4 is 0 Å². The number of methoxy groups -OCH3 is 1. The van der Waals surface area contributed by atoms with Crippen LogP contribution in [0.5, 0.6) is 0 Å². The van der Waals surface area contributed by atoms with Gasteiger partial charge >= 0.3 is 0 Å². The number of aliphatic hydroxyl groups excluding tert-OH is 2. The maximum Gasteiger partial charge on any atom is 0.154 e. The van der Waals surface area contributed by atoms with E-state index in [0.29, 0.717) is 6.61 Å². The number of aliphatic hydroxyl groups is 2. The van der Waals surface area contributed by atoms with Gasteiger partial charge in [-0.1, -0.05) is 51.4 Å². The number of hydrogen-bond acceptors (Lipinski definition) is 3. The minimum atomic E-state index is -0.568. The number of rotatable bonds is 13. The molecule has 0 aliphatic carbocycles. The molecule has 104 valence electrons. The van der Waals surface area contributed by atoms with E-state index >= 15 is 0 Å². The second kappa shape index (κ2) is 13.9. The Morgan fingerprint density at radius 1 is 0.765 bits per heavy atom. The molecule has 2 N–H and O–H groups in total. The average Bonchev–Trinajstić information content (AvgIpc) is 2.35. The highest BCUT2D eigenvalue weighted by Crippen LogP contribution is 2.11. The summed E-state index contributed by atoms with van der Waals surface area (Å²) in [6.45, 7) is 0.341. The Kier molecular flexibility index (Phi) is 13.8. The van der Waals surface area contributed by atoms with E-state index in [2.05, 4.69) is 0 Å². The molecule has 0 bridgehead atoms. The Labute approximate surface area is 106 Å². The molecule has 0 rings (SSSR count). The van der Waals surface area contributed by atoms with Gasteiger partial charge in [0.1, 0.15) is 0 Å². The van der Waals surface area contributed by atoms with Gasteiger partial charge in [0, 0.05) is 13.7 Å². The molecule has 0 aliphatic rings. The Morgan fingerprint density at radius 3 is 1.59 bits per heavy atom. The molecular weight excluding hydrogens is 216 g/mol. The highest BCUT2D eigenvalue weighted by Gasteiger charge is 1.99. The summed E-state index contributed by atoms with van der Waals surface area (Å²) >= 11 is 0. The van der Waals surface area contributed by atoms with Crippen LogP contribution in [-0.4, -0.2) is 30.2 Å². The molecule has 0 heterocycles. The van der Waals surface area contributed by atoms with Crippen LogP contribution in [0, 0.1) is 0 Å². The van der Waals surface area contributed by atoms with E-state index in [-0.39, 0.29) is 0 Å². The van der Waals surface area contributed by atoms with Crippen molar-refractivity contribution in [1.82, 2.24) is 0 Å². The Balaban J connectivity index is 2.94. The lowest BCUT2D eigenvalue weighted by atomic mass is 10.1. The molecule has 0 aromatic heterocycles. The van der Waals surface area contributed by atoms with Crippen LogP contribution in [0.25, 0.3) is 0 Å². The normalized spacial score (nSPS) is 12.9. The van der Waals surface area contributed by atoms with E-state index in [9.17, 15) is 0 Å². The van der Waals surface area contributed by atoms with E-state index in [1.165, 1.54) is 51.4 Å². The zero-order valence-electron chi connectivity index (χ0n) is 11.4. The molecule has 0 radical (unpaired) electrons. The van der Waals surface area contributed by atoms with Gasteiger partial charge in [0.25, 0.3) is 0 Å². The van der Waals surface area contributed by atoms with Crippen molar-refractivity contribution in [3.63, 3.8) is 0 Å². The standard InChI is InChI=1S/C14H30O3/c1-17-14(16)12-10-8-6-4-2-3-5-7-9-11-13-15/h14-16H,2-13H2,1H3. The molecular formula is C14H30O3. The smallest absolute Gasteiger partial charge is 0.154 e. The monoisotopic (exact) mass is 246 g/mol. The van der Waals surface area contributed by atoms with Crippen molar-refractivity contribution >= 4 is 0 Å². The predicted octanol–water partition coefficient (Wildman–Crippen LogP) is 3.23. The Morgan fingerprint density at radius 2 is 1.18 bits per heavy atom. The zero-order chi connectivity index (χ0) is 12.8. The first kappa shape index (κ1) is 16.9. The lowest BCUT2D eigenvalue weighted by molar-refractivity contribution is -0.0793. The molecule has 3 heteroatoms. The van der Waals surface area contributed by atoms with Crippen molar-refractivity contribution in [3.8, 4) is 0 Å². The van der Waals surface area contributed by atoms with Crippen LogP contribution in [0.3, 0.4) is 0 Å². The van der Waals surface area contributed by atoms with Gasteiger partial charge in [-0.15, -0.1) is 0 Å². The third-order valence-corrected chi connectivity index (χ3v) is 3.13. The van der Waals surface area contributed by atoms with Crippen molar-refractivity contribution in [1.29, 1.82) is 0 Å². The highest BCUT2D eigenvalue weighted by molar-refractivity contribution is 4.49. The second-order valence-corrected chi connectivity index (χ2v) is 4.74. The van der Waals surface area contributed by atoms with E-state index in [1.54, 1.807) is 7.11 Å². The fourth-order valence-corrected chi connectivity index (χ4v) is 1.96. The molecule has 0 aliphatic heterocycles. The Bertz CT molecular complexity index is 139. The summed E-state index contributed by atoms with van der Waals surface area (Å²) in [7, 11) is 1.54. The van der Waals surface area contributed by atoms with Gasteiger partial charge < -0.3 is 14.9 Å². The number of unbranched alkanes of at least 4 members (excludes halogenated alkanes) is 9. The molecule has 0 aromatic rings. The van der Waals surface area contributed by atoms with E-state index in [4.69, 9.17) is 14.9 Å². The van der Waals surface area contributed by atoms with Crippen molar-refractivity contribution in [3.05, 3.63) is 0 Å². The van der Waals surface area contributed by atoms with Crippen LogP contribution in [0.1, 0.15) is 70.6 Å². The maximum atomic E-state index is 9.16. The topological polar surface area (TPSA) is 49.7 Å². The van der Waals surface area contributed by atoms with Gasteiger partial charge in [-0.25, -0.2) is 0 Å². The van der Waals surface area contributed by atoms with Crippen molar-refractivity contribution in [2.75, 3.05) is 13.7 Å². The van der Waals surface area contributed by atoms with Gasteiger partial charge in [0.15, 0.2) is 6.29 Å². The quantitative estimate of drug-likeness (QED) is 0.387. The molecule has 0 saturated carbocycles. The van der Waals surface area contributed by atoms with E-state index in [1.807, 2.05) is 0 Å². The maximum absolute atomic E-state index is 9.16. The summed E-state index contributed by atoms with van der Waals surface area (Å²) in [4.78, 5) is 0. The first-order valence-corrected chi connectivity index (χ1v) is 7.13. The summed E-state index contributed by atoms with van der Waals surface area (Å²) in [5, 5.41) is 17.8. The summed E-state index contributed by atoms with van der Waals surface area (Å²) in [5.74, 6) is 0. The summed E-state index contributed by atoms with van der Waals surface area (Å²) in [6, 6.07) is 0. The van der Waals surface area contributed by atoms with Crippen LogP contribution in [0.2, 0.25) is 0 Å². The van der Waals surface area contributed by atoms with Crippen molar-refractivity contribution in [2.45, 2.75) is 76.9 Å². The molecule has 0 saturated heterocycles. The summed E-state index contributed by atoms with van der Waals surface area (Å²) in [5.41, 5.74) is 0. The third-order valence-electron chi connectivity index (χ3n) is 3.13. The van der Waals surface area contributed by atoms with Gasteiger partial charge in [-0.3, -0.25) is 0 Å². The molecule has 0 amide bonds. The third kappa shape index (κ3) is 13.8. The van der Waals surface area contributed by atoms with E-state index in [0.717, 1.165) is 19.3 Å². The summed E-state index contributed by atoms with van der Waals surface area (Å²) < 4.78 is 4.78. The minimum Gasteiger partial charge on any atom is -0.396 e. The molecule has 0 aromatic carbocycles. The van der Waals surface area contributed by atoms with Crippen LogP contribution in [0.4, 0.5) is 0 Å². The first-order chi connectivity index (χ1) is 8.31. The molecule has 17 heavy (non-hydrogen) atoms. The van der Waals surface area contributed by atoms with Crippen LogP contribution >= 0.6 is 0 Å². The van der Waals surface area contributed by atoms with Crippen molar-refractivity contribution < 1.29 is 14.9 Å². The van der Waals surface area contributed by atoms with Crippen molar-refractivity contribution in [2.24, 2.45) is 0 Å². The van der Waals surface area contributed by atoms with Gasteiger partial charge in [0.05, 0.1) is 0 Å². The number of ether oxygens (including phenoxy) is 1. The zero-order valence-corrected chi connectivity index (χ0v) is 11.4. The SMILES string of the molecule is COC(O)CCCCCCCCCCCCO. The lowest BCUT2D eigenvalue weighted by Crippen LogP contribution is -2.07. The minimum absolute atomic E-state index is 0.341. The molecule has 0 fully saturated rings. The second-order valence-electron chi connectivity index (χ2n) is 4.74. The largest absolute Gasteiger partial charge is 0.396 e. The van der Waals surface area contributed by atoms with Gasteiger partial charge in [-0.05, 0) is 19.3 Å². The fraction of sp³-hybridized carbons (Fsp3) is 1.00. The lowest BCUT2D eigenvalue weighted by Gasteiger charge is -2.07. The molecule has 0 spiro atoms. The Hall–Kier alpha value is -0.120. The summed E-state index contributed by atoms with van der Waals surface area (Å²) in [6.07, 6.45) is 12.4. The van der Waals surface area contributed by atoms with Crippen LogP contribution in [0.15, 0.2) is 0 Å². The molecule has 3 nitrogen and oxygen atoms in total. The highest BCUT2D eigenvalue weighted by atomic mass is 16.6. The molecule has 1 unspecified atom stereocenters. The molecule has 1 atom stereocenters. The number of hydrogen-bond donors (Lipinski definition) is 2. The fourth-order valence-electron chi connectivity index (χ4n) is 1.96. The predicted molar refractivity (Wildman–Crippen MR) is 70.9 cm³/mol. The van der Waals surface area contributed by atoms with Crippen LogP contribution in [-0.2, 0) is 4.74 Å². The average molecular weight is 246 g/mol.